The van der Waals surface area contributed by atoms with E-state index in [1.165, 1.54) is 11.8 Å². The zero-order chi connectivity index (χ0) is 7.60. The second-order valence-electron chi connectivity index (χ2n) is 6.87. The average Bonchev–Trinajstić information content (AvgIpc) is 2.33. The van der Waals surface area contributed by atoms with Crippen LogP contribution in [0.1, 0.15) is 44.9 Å². The molecule has 6 aliphatic carbocycles. The van der Waals surface area contributed by atoms with Gasteiger partial charge in [-0.1, -0.05) is 0 Å². The predicted octanol–water partition coefficient (Wildman–Crippen LogP) is 2.98. The average molecular weight is 160 g/mol. The van der Waals surface area contributed by atoms with Gasteiger partial charge in [0.15, 0.2) is 0 Å². The van der Waals surface area contributed by atoms with Crippen LogP contribution in [-0.4, -0.2) is 0 Å². The van der Waals surface area contributed by atoms with Crippen LogP contribution < -0.4 is 0 Å². The van der Waals surface area contributed by atoms with E-state index in [1.54, 1.807) is 44.9 Å². The molecule has 0 nitrogen and oxygen atoms in total. The summed E-state index contributed by atoms with van der Waals surface area (Å²) in [5.74, 6) is 2.42. The standard InChI is InChI=1S/C12H16/c1-8-2-11-5-9-4-10(1,6-11)7-12(9,11)3-8/h8-9H,1-7H2. The van der Waals surface area contributed by atoms with E-state index in [4.69, 9.17) is 0 Å². The Morgan fingerprint density at radius 3 is 2.67 bits per heavy atom. The summed E-state index contributed by atoms with van der Waals surface area (Å²) >= 11 is 0. The van der Waals surface area contributed by atoms with Crippen LogP contribution in [0.4, 0.5) is 0 Å². The monoisotopic (exact) mass is 160 g/mol. The molecular weight excluding hydrogens is 144 g/mol. The lowest BCUT2D eigenvalue weighted by Gasteiger charge is -2.60. The Balaban J connectivity index is 1.90. The van der Waals surface area contributed by atoms with Crippen LogP contribution in [0.3, 0.4) is 0 Å². The summed E-state index contributed by atoms with van der Waals surface area (Å²) in [6.07, 6.45) is 11.6. The van der Waals surface area contributed by atoms with Crippen LogP contribution in [0.15, 0.2) is 0 Å². The molecule has 6 rings (SSSR count). The molecule has 0 aromatic carbocycles. The molecule has 0 N–H and O–H groups in total. The molecule has 0 amide bonds. The van der Waals surface area contributed by atoms with E-state index in [0.717, 1.165) is 16.2 Å². The Kier molecular flexibility index (Phi) is 0.541. The van der Waals surface area contributed by atoms with Gasteiger partial charge in [0.25, 0.3) is 0 Å². The zero-order valence-corrected chi connectivity index (χ0v) is 7.60. The van der Waals surface area contributed by atoms with Crippen molar-refractivity contribution in [2.75, 3.05) is 0 Å². The molecule has 5 atom stereocenters. The molecule has 0 radical (unpaired) electrons. The first-order valence-corrected chi connectivity index (χ1v) is 5.76. The van der Waals surface area contributed by atoms with Gasteiger partial charge in [-0.25, -0.2) is 0 Å². The number of rotatable bonds is 0. The van der Waals surface area contributed by atoms with E-state index >= 15 is 0 Å². The Morgan fingerprint density at radius 1 is 0.833 bits per heavy atom. The summed E-state index contributed by atoms with van der Waals surface area (Å²) in [5.41, 5.74) is 2.86. The number of hydrogen-bond donors (Lipinski definition) is 0. The third kappa shape index (κ3) is 0.300. The second kappa shape index (κ2) is 1.14. The Bertz CT molecular complexity index is 297. The Morgan fingerprint density at radius 2 is 1.83 bits per heavy atom. The molecule has 4 bridgehead atoms. The molecular formula is C12H16. The van der Waals surface area contributed by atoms with Crippen molar-refractivity contribution in [3.05, 3.63) is 0 Å². The van der Waals surface area contributed by atoms with Crippen molar-refractivity contribution in [2.45, 2.75) is 44.9 Å². The largest absolute Gasteiger partial charge is 0.0446 e. The van der Waals surface area contributed by atoms with E-state index in [2.05, 4.69) is 0 Å². The van der Waals surface area contributed by atoms with Crippen LogP contribution in [0.2, 0.25) is 0 Å². The molecule has 6 aliphatic rings. The third-order valence-corrected chi connectivity index (χ3v) is 6.61. The highest BCUT2D eigenvalue weighted by Crippen LogP contribution is 2.92. The zero-order valence-electron chi connectivity index (χ0n) is 7.60. The quantitative estimate of drug-likeness (QED) is 0.511. The van der Waals surface area contributed by atoms with Crippen LogP contribution in [0.5, 0.6) is 0 Å². The molecule has 0 heteroatoms. The lowest BCUT2D eigenvalue weighted by atomic mass is 9.44. The normalized spacial score (nSPS) is 80.0. The van der Waals surface area contributed by atoms with Crippen molar-refractivity contribution < 1.29 is 0 Å². The Hall–Kier alpha value is 0. The molecule has 64 valence electrons. The van der Waals surface area contributed by atoms with Crippen molar-refractivity contribution >= 4 is 0 Å². The topological polar surface area (TPSA) is 0 Å². The molecule has 0 aromatic heterocycles. The molecule has 0 aliphatic heterocycles. The Labute approximate surface area is 73.7 Å². The van der Waals surface area contributed by atoms with Crippen molar-refractivity contribution in [1.82, 2.24) is 0 Å². The molecule has 12 heavy (non-hydrogen) atoms. The van der Waals surface area contributed by atoms with E-state index in [1.807, 2.05) is 0 Å². The van der Waals surface area contributed by atoms with Gasteiger partial charge in [0.2, 0.25) is 0 Å². The summed E-state index contributed by atoms with van der Waals surface area (Å²) < 4.78 is 0. The van der Waals surface area contributed by atoms with Gasteiger partial charge in [0, 0.05) is 0 Å². The van der Waals surface area contributed by atoms with Gasteiger partial charge in [0.1, 0.15) is 0 Å². The molecule has 5 unspecified atom stereocenters. The lowest BCUT2D eigenvalue weighted by molar-refractivity contribution is -0.113. The highest BCUT2D eigenvalue weighted by Gasteiger charge is 2.83. The van der Waals surface area contributed by atoms with E-state index < -0.39 is 0 Å². The molecule has 0 aromatic rings. The molecule has 6 saturated carbocycles. The van der Waals surface area contributed by atoms with Crippen molar-refractivity contribution in [3.8, 4) is 0 Å². The van der Waals surface area contributed by atoms with Gasteiger partial charge < -0.3 is 0 Å². The maximum atomic E-state index is 1.68. The molecule has 0 heterocycles. The number of hydrogen-bond acceptors (Lipinski definition) is 0. The van der Waals surface area contributed by atoms with Gasteiger partial charge >= 0.3 is 0 Å². The molecule has 3 spiro atoms. The van der Waals surface area contributed by atoms with Crippen LogP contribution >= 0.6 is 0 Å². The highest BCUT2D eigenvalue weighted by molar-refractivity contribution is 5.32. The van der Waals surface area contributed by atoms with Crippen LogP contribution in [-0.2, 0) is 0 Å². The van der Waals surface area contributed by atoms with Crippen molar-refractivity contribution in [2.24, 2.45) is 28.1 Å². The van der Waals surface area contributed by atoms with E-state index in [-0.39, 0.29) is 0 Å². The minimum atomic E-state index is 0.935. The maximum Gasteiger partial charge on any atom is -0.0204 e. The summed E-state index contributed by atoms with van der Waals surface area (Å²) in [5, 5.41) is 0. The van der Waals surface area contributed by atoms with E-state index in [0.29, 0.717) is 0 Å². The fraction of sp³-hybridized carbons (Fsp3) is 1.00. The summed E-state index contributed by atoms with van der Waals surface area (Å²) in [4.78, 5) is 0. The lowest BCUT2D eigenvalue weighted by Crippen LogP contribution is -2.52. The molecule has 6 fully saturated rings. The minimum absolute atomic E-state index is 0.935. The first-order chi connectivity index (χ1) is 5.76. The van der Waals surface area contributed by atoms with Crippen molar-refractivity contribution in [3.63, 3.8) is 0 Å². The first kappa shape index (κ1) is 5.67. The SMILES string of the molecule is C1C2CC34CC5CC1(C3)CC54C2. The maximum absolute atomic E-state index is 1.68. The third-order valence-electron chi connectivity index (χ3n) is 6.61. The predicted molar refractivity (Wildman–Crippen MR) is 46.6 cm³/mol. The van der Waals surface area contributed by atoms with Crippen LogP contribution in [0, 0.1) is 28.1 Å². The summed E-state index contributed by atoms with van der Waals surface area (Å²) in [7, 11) is 0. The smallest absolute Gasteiger partial charge is 0.0204 e. The fourth-order valence-corrected chi connectivity index (χ4v) is 7.07. The van der Waals surface area contributed by atoms with Gasteiger partial charge in [-0.15, -0.1) is 0 Å². The van der Waals surface area contributed by atoms with Crippen molar-refractivity contribution in [1.29, 1.82) is 0 Å². The summed E-state index contributed by atoms with van der Waals surface area (Å²) in [6, 6.07) is 0. The van der Waals surface area contributed by atoms with Gasteiger partial charge in [-0.3, -0.25) is 0 Å². The van der Waals surface area contributed by atoms with Gasteiger partial charge in [-0.2, -0.15) is 0 Å². The van der Waals surface area contributed by atoms with Gasteiger partial charge in [0.05, 0.1) is 0 Å². The minimum Gasteiger partial charge on any atom is -0.0446 e. The fourth-order valence-electron chi connectivity index (χ4n) is 7.07. The highest BCUT2D eigenvalue weighted by atomic mass is 14.9. The van der Waals surface area contributed by atoms with Crippen LogP contribution in [0.25, 0.3) is 0 Å². The summed E-state index contributed by atoms with van der Waals surface area (Å²) in [6.45, 7) is 0. The second-order valence-corrected chi connectivity index (χ2v) is 6.87. The molecule has 0 saturated heterocycles. The van der Waals surface area contributed by atoms with Gasteiger partial charge in [-0.05, 0) is 73.0 Å². The first-order valence-electron chi connectivity index (χ1n) is 5.76. The van der Waals surface area contributed by atoms with E-state index in [9.17, 15) is 0 Å².